The largest absolute Gasteiger partial charge is 0.147 e. The maximum Gasteiger partial charge on any atom is -0.147 e. The van der Waals surface area contributed by atoms with Crippen molar-refractivity contribution in [2.45, 2.75) is 32.6 Å². The number of allylic oxidation sites excluding steroid dienone is 4. The van der Waals surface area contributed by atoms with Crippen LogP contribution in [0, 0.1) is 5.92 Å². The molecule has 0 fully saturated rings. The van der Waals surface area contributed by atoms with Gasteiger partial charge in [0.05, 0.1) is 0 Å². The fraction of sp³-hybridized carbons (Fsp3) is 0.273. The summed E-state index contributed by atoms with van der Waals surface area (Å²) < 4.78 is 4.51. The van der Waals surface area contributed by atoms with Crippen LogP contribution in [0.5, 0.6) is 0 Å². The summed E-state index contributed by atoms with van der Waals surface area (Å²) in [7, 11) is 0. The predicted octanol–water partition coefficient (Wildman–Crippen LogP) is 6.78. The molecule has 0 N–H and O–H groups in total. The van der Waals surface area contributed by atoms with E-state index in [-0.39, 0.29) is 24.8 Å². The van der Waals surface area contributed by atoms with Crippen molar-refractivity contribution in [2.75, 3.05) is 4.61 Å². The van der Waals surface area contributed by atoms with Gasteiger partial charge in [0.2, 0.25) is 0 Å². The van der Waals surface area contributed by atoms with E-state index in [1.165, 1.54) is 15.1 Å². The standard InChI is InChI=1S/C9H13.C7H7S.C6H5.2ClH.Cr/c1-6-5-7(2)9(4)8(6)3;1-8-7-5-3-2-4-6-7;1-2-4-6-5-3-1;;;/h6H,1-4H3;2-6H,1H2;1-5H;2*1H;. The van der Waals surface area contributed by atoms with E-state index in [1.807, 2.05) is 11.8 Å². The van der Waals surface area contributed by atoms with E-state index in [4.69, 9.17) is 0 Å². The topological polar surface area (TPSA) is 0 Å². The van der Waals surface area contributed by atoms with Crippen LogP contribution in [0.2, 0.25) is 0 Å². The van der Waals surface area contributed by atoms with E-state index < -0.39 is 14.1 Å². The second kappa shape index (κ2) is 10.6. The molecule has 0 saturated heterocycles. The first-order valence-corrected chi connectivity index (χ1v) is 11.6. The summed E-state index contributed by atoms with van der Waals surface area (Å²) in [5, 5.41) is 0. The van der Waals surface area contributed by atoms with Gasteiger partial charge in [-0.2, -0.15) is 0 Å². The number of rotatable bonds is 5. The van der Waals surface area contributed by atoms with E-state index >= 15 is 0 Å². The monoisotopic (exact) mass is 445 g/mol. The van der Waals surface area contributed by atoms with Gasteiger partial charge in [0.1, 0.15) is 0 Å². The van der Waals surface area contributed by atoms with Crippen LogP contribution in [-0.4, -0.2) is 4.61 Å². The Morgan fingerprint density at radius 3 is 1.85 bits per heavy atom. The second-order valence-electron chi connectivity index (χ2n) is 6.30. The van der Waals surface area contributed by atoms with Gasteiger partial charge in [-0.05, 0) is 0 Å². The van der Waals surface area contributed by atoms with Gasteiger partial charge < -0.3 is 0 Å². The normalized spacial score (nSPS) is 16.6. The van der Waals surface area contributed by atoms with Crippen molar-refractivity contribution in [3.63, 3.8) is 0 Å². The van der Waals surface area contributed by atoms with Crippen molar-refractivity contribution in [3.05, 3.63) is 81.8 Å². The third-order valence-corrected chi connectivity index (χ3v) is 10.7. The zero-order valence-electron chi connectivity index (χ0n) is 15.7. The Balaban J connectivity index is 0.00000169. The van der Waals surface area contributed by atoms with Crippen molar-refractivity contribution in [1.29, 1.82) is 0 Å². The molecule has 26 heavy (non-hydrogen) atoms. The molecule has 2 aromatic rings. The first-order chi connectivity index (χ1) is 11.6. The van der Waals surface area contributed by atoms with Crippen LogP contribution in [0.1, 0.15) is 27.7 Å². The van der Waals surface area contributed by atoms with Crippen LogP contribution in [0.4, 0.5) is 0 Å². The van der Waals surface area contributed by atoms with E-state index in [9.17, 15) is 0 Å². The molecule has 1 aliphatic rings. The first kappa shape index (κ1) is 23.4. The minimum absolute atomic E-state index is 0. The zero-order chi connectivity index (χ0) is 17.1. The van der Waals surface area contributed by atoms with Gasteiger partial charge in [0, 0.05) is 0 Å². The molecule has 0 aliphatic heterocycles. The van der Waals surface area contributed by atoms with Crippen LogP contribution in [0.25, 0.3) is 0 Å². The molecule has 0 nitrogen and oxygen atoms in total. The number of benzene rings is 2. The van der Waals surface area contributed by atoms with Gasteiger partial charge in [0.15, 0.2) is 0 Å². The fourth-order valence-corrected chi connectivity index (χ4v) is 9.41. The number of hydrogen-bond acceptors (Lipinski definition) is 1. The summed E-state index contributed by atoms with van der Waals surface area (Å²) in [6, 6.07) is 22.0. The molecule has 0 aromatic heterocycles. The average molecular weight is 446 g/mol. The second-order valence-corrected chi connectivity index (χ2v) is 11.0. The molecule has 0 saturated carbocycles. The Labute approximate surface area is 179 Å². The average Bonchev–Trinajstić information content (AvgIpc) is 2.81. The van der Waals surface area contributed by atoms with Crippen molar-refractivity contribution in [3.8, 4) is 0 Å². The SMILES string of the molecule is CC1=C(C)C(C)[C]([Cr]([CH2]Sc2ccccc2)[c]2ccccc2)=C1C.Cl.Cl. The van der Waals surface area contributed by atoms with Crippen LogP contribution < -0.4 is 4.43 Å². The molecule has 1 aliphatic carbocycles. The van der Waals surface area contributed by atoms with E-state index in [1.54, 1.807) is 20.0 Å². The molecule has 2 aromatic carbocycles. The Morgan fingerprint density at radius 2 is 1.35 bits per heavy atom. The molecule has 1 unspecified atom stereocenters. The van der Waals surface area contributed by atoms with Crippen LogP contribution >= 0.6 is 36.6 Å². The number of thioether (sulfide) groups is 1. The molecular weight excluding hydrogens is 419 g/mol. The maximum absolute atomic E-state index is 2.40. The van der Waals surface area contributed by atoms with Crippen LogP contribution in [0.3, 0.4) is 0 Å². The van der Waals surface area contributed by atoms with Gasteiger partial charge >= 0.3 is 155 Å². The molecule has 3 rings (SSSR count). The number of hydrogen-bond donors (Lipinski definition) is 0. The molecule has 141 valence electrons. The van der Waals surface area contributed by atoms with Gasteiger partial charge in [-0.3, -0.25) is 0 Å². The molecular formula is C22H27Cl2CrS. The first-order valence-electron chi connectivity index (χ1n) is 8.42. The summed E-state index contributed by atoms with van der Waals surface area (Å²) in [4.78, 5) is 1.38. The van der Waals surface area contributed by atoms with Gasteiger partial charge in [-0.25, -0.2) is 0 Å². The van der Waals surface area contributed by atoms with Crippen LogP contribution in [-0.2, 0) is 14.1 Å². The maximum atomic E-state index is 2.40. The van der Waals surface area contributed by atoms with Gasteiger partial charge in [-0.15, -0.1) is 24.8 Å². The third-order valence-electron chi connectivity index (χ3n) is 4.95. The Bertz CT molecular complexity index is 769. The minimum atomic E-state index is -1.04. The third kappa shape index (κ3) is 5.00. The molecule has 0 radical (unpaired) electrons. The zero-order valence-corrected chi connectivity index (χ0v) is 19.4. The Morgan fingerprint density at radius 1 is 0.808 bits per heavy atom. The molecule has 1 atom stereocenters. The van der Waals surface area contributed by atoms with Crippen molar-refractivity contribution in [2.24, 2.45) is 5.92 Å². The molecule has 4 heteroatoms. The molecule has 0 spiro atoms. The van der Waals surface area contributed by atoms with Crippen molar-refractivity contribution >= 4 is 41.0 Å². The summed E-state index contributed by atoms with van der Waals surface area (Å²) >= 11 is 0.981. The van der Waals surface area contributed by atoms with Crippen molar-refractivity contribution < 1.29 is 14.1 Å². The number of halogens is 2. The smallest absolute Gasteiger partial charge is 0.147 e. The van der Waals surface area contributed by atoms with Gasteiger partial charge in [-0.1, -0.05) is 0 Å². The minimum Gasteiger partial charge on any atom is -0.147 e. The van der Waals surface area contributed by atoms with Crippen LogP contribution in [0.15, 0.2) is 86.7 Å². The summed E-state index contributed by atoms with van der Waals surface area (Å²) in [6.07, 6.45) is 0. The predicted molar refractivity (Wildman–Crippen MR) is 118 cm³/mol. The summed E-state index contributed by atoms with van der Waals surface area (Å²) in [5.74, 6) is 0.603. The Kier molecular flexibility index (Phi) is 9.59. The summed E-state index contributed by atoms with van der Waals surface area (Å²) in [6.45, 7) is 9.35. The van der Waals surface area contributed by atoms with E-state index in [2.05, 4.69) is 88.4 Å². The quantitative estimate of drug-likeness (QED) is 0.456. The molecule has 0 bridgehead atoms. The van der Waals surface area contributed by atoms with Gasteiger partial charge in [0.25, 0.3) is 0 Å². The van der Waals surface area contributed by atoms with Crippen molar-refractivity contribution in [1.82, 2.24) is 0 Å². The molecule has 0 amide bonds. The fourth-order valence-electron chi connectivity index (χ4n) is 3.21. The van der Waals surface area contributed by atoms with E-state index in [0.717, 1.165) is 0 Å². The molecule has 0 heterocycles. The Hall–Kier alpha value is -0.618. The van der Waals surface area contributed by atoms with E-state index in [0.29, 0.717) is 5.92 Å². The summed E-state index contributed by atoms with van der Waals surface area (Å²) in [5.41, 5.74) is 4.64.